The van der Waals surface area contributed by atoms with E-state index in [0.717, 1.165) is 18.5 Å². The molecule has 1 aromatic carbocycles. The van der Waals surface area contributed by atoms with Crippen LogP contribution in [0.2, 0.25) is 5.02 Å². The molecule has 0 spiro atoms. The second-order valence-electron chi connectivity index (χ2n) is 4.28. The highest BCUT2D eigenvalue weighted by Crippen LogP contribution is 2.18. The first-order chi connectivity index (χ1) is 8.58. The number of ether oxygens (including phenoxy) is 1. The maximum absolute atomic E-state index is 13.1. The lowest BCUT2D eigenvalue weighted by atomic mass is 10.0. The van der Waals surface area contributed by atoms with E-state index < -0.39 is 0 Å². The zero-order valence-electron chi connectivity index (χ0n) is 11.2. The molecule has 4 heteroatoms. The fraction of sp³-hybridized carbons (Fsp3) is 0.571. The van der Waals surface area contributed by atoms with Crippen molar-refractivity contribution in [1.82, 2.24) is 5.32 Å². The Bertz CT molecular complexity index is 373. The number of halogens is 2. The number of likely N-dealkylation sites (N-methyl/N-ethyl adjacent to an activating group) is 1. The maximum atomic E-state index is 13.1. The summed E-state index contributed by atoms with van der Waals surface area (Å²) in [5.41, 5.74) is 1.01. The predicted octanol–water partition coefficient (Wildman–Crippen LogP) is 3.42. The van der Waals surface area contributed by atoms with Crippen molar-refractivity contribution in [1.29, 1.82) is 0 Å². The van der Waals surface area contributed by atoms with Crippen LogP contribution in [0.3, 0.4) is 0 Å². The molecule has 1 aromatic rings. The summed E-state index contributed by atoms with van der Waals surface area (Å²) in [6.45, 7) is 7.64. The topological polar surface area (TPSA) is 21.3 Å². The van der Waals surface area contributed by atoms with Crippen LogP contribution in [0.5, 0.6) is 0 Å². The SMILES string of the molecule is CCNC(Cc1ccc(F)c(Cl)c1)C(C)OCC. The molecule has 0 aliphatic rings. The highest BCUT2D eigenvalue weighted by atomic mass is 35.5. The Kier molecular flexibility index (Phi) is 6.61. The molecule has 1 rings (SSSR count). The van der Waals surface area contributed by atoms with Gasteiger partial charge in [0.2, 0.25) is 0 Å². The molecule has 0 aliphatic carbocycles. The zero-order valence-corrected chi connectivity index (χ0v) is 11.9. The van der Waals surface area contributed by atoms with Crippen LogP contribution in [0.15, 0.2) is 18.2 Å². The number of benzene rings is 1. The molecular formula is C14H21ClFNO. The third-order valence-corrected chi connectivity index (χ3v) is 3.19. The Labute approximate surface area is 113 Å². The van der Waals surface area contributed by atoms with Gasteiger partial charge in [0.1, 0.15) is 5.82 Å². The van der Waals surface area contributed by atoms with Gasteiger partial charge in [-0.25, -0.2) is 4.39 Å². The van der Waals surface area contributed by atoms with Crippen LogP contribution in [0.25, 0.3) is 0 Å². The van der Waals surface area contributed by atoms with Crippen LogP contribution >= 0.6 is 11.6 Å². The average molecular weight is 274 g/mol. The lowest BCUT2D eigenvalue weighted by molar-refractivity contribution is 0.0480. The van der Waals surface area contributed by atoms with E-state index in [1.807, 2.05) is 13.8 Å². The lowest BCUT2D eigenvalue weighted by Crippen LogP contribution is -2.41. The van der Waals surface area contributed by atoms with Crippen LogP contribution in [0.1, 0.15) is 26.3 Å². The first-order valence-corrected chi connectivity index (χ1v) is 6.75. The molecule has 0 bridgehead atoms. The Morgan fingerprint density at radius 3 is 2.67 bits per heavy atom. The molecule has 2 unspecified atom stereocenters. The molecule has 102 valence electrons. The normalized spacial score (nSPS) is 14.5. The van der Waals surface area contributed by atoms with E-state index in [9.17, 15) is 4.39 Å². The largest absolute Gasteiger partial charge is 0.377 e. The van der Waals surface area contributed by atoms with Crippen LogP contribution in [-0.2, 0) is 11.2 Å². The van der Waals surface area contributed by atoms with Gasteiger partial charge in [0.15, 0.2) is 0 Å². The standard InChI is InChI=1S/C14H21ClFNO/c1-4-17-14(10(3)18-5-2)9-11-6-7-13(16)12(15)8-11/h6-8,10,14,17H,4-5,9H2,1-3H3. The van der Waals surface area contributed by atoms with E-state index in [1.165, 1.54) is 6.07 Å². The minimum absolute atomic E-state index is 0.110. The summed E-state index contributed by atoms with van der Waals surface area (Å²) in [5, 5.41) is 3.56. The quantitative estimate of drug-likeness (QED) is 0.822. The summed E-state index contributed by atoms with van der Waals surface area (Å²) in [6, 6.07) is 5.06. The summed E-state index contributed by atoms with van der Waals surface area (Å²) in [6.07, 6.45) is 0.883. The summed E-state index contributed by atoms with van der Waals surface area (Å²) >= 11 is 5.79. The van der Waals surface area contributed by atoms with E-state index >= 15 is 0 Å². The summed E-state index contributed by atoms with van der Waals surface area (Å²) < 4.78 is 18.7. The van der Waals surface area contributed by atoms with Gasteiger partial charge in [0.05, 0.1) is 11.1 Å². The maximum Gasteiger partial charge on any atom is 0.141 e. The minimum atomic E-state index is -0.377. The first kappa shape index (κ1) is 15.4. The van der Waals surface area contributed by atoms with Gasteiger partial charge in [-0.1, -0.05) is 24.6 Å². The molecule has 18 heavy (non-hydrogen) atoms. The Hall–Kier alpha value is -0.640. The molecular weight excluding hydrogens is 253 g/mol. The van der Waals surface area contributed by atoms with E-state index in [2.05, 4.69) is 12.2 Å². The molecule has 0 radical (unpaired) electrons. The minimum Gasteiger partial charge on any atom is -0.377 e. The van der Waals surface area contributed by atoms with Gasteiger partial charge in [-0.2, -0.15) is 0 Å². The second kappa shape index (κ2) is 7.72. The fourth-order valence-corrected chi connectivity index (χ4v) is 2.17. The van der Waals surface area contributed by atoms with Gasteiger partial charge in [0.25, 0.3) is 0 Å². The smallest absolute Gasteiger partial charge is 0.141 e. The van der Waals surface area contributed by atoms with Crippen LogP contribution in [-0.4, -0.2) is 25.3 Å². The van der Waals surface area contributed by atoms with Crippen molar-refractivity contribution in [2.75, 3.05) is 13.2 Å². The molecule has 0 aliphatic heterocycles. The van der Waals surface area contributed by atoms with E-state index in [4.69, 9.17) is 16.3 Å². The first-order valence-electron chi connectivity index (χ1n) is 6.37. The van der Waals surface area contributed by atoms with Crippen molar-refractivity contribution < 1.29 is 9.13 Å². The monoisotopic (exact) mass is 273 g/mol. The molecule has 2 nitrogen and oxygen atoms in total. The van der Waals surface area contributed by atoms with Gasteiger partial charge in [0, 0.05) is 12.6 Å². The average Bonchev–Trinajstić information content (AvgIpc) is 2.33. The predicted molar refractivity (Wildman–Crippen MR) is 73.7 cm³/mol. The summed E-state index contributed by atoms with van der Waals surface area (Å²) in [5.74, 6) is -0.377. The molecule has 0 saturated heterocycles. The van der Waals surface area contributed by atoms with Gasteiger partial charge in [-0.05, 0) is 44.5 Å². The molecule has 0 saturated carbocycles. The molecule has 0 amide bonds. The Morgan fingerprint density at radius 2 is 2.11 bits per heavy atom. The van der Waals surface area contributed by atoms with Crippen molar-refractivity contribution in [3.63, 3.8) is 0 Å². The van der Waals surface area contributed by atoms with Crippen molar-refractivity contribution in [2.24, 2.45) is 0 Å². The van der Waals surface area contributed by atoms with Crippen molar-refractivity contribution in [3.05, 3.63) is 34.6 Å². The number of rotatable bonds is 7. The zero-order chi connectivity index (χ0) is 13.5. The van der Waals surface area contributed by atoms with Gasteiger partial charge >= 0.3 is 0 Å². The third-order valence-electron chi connectivity index (χ3n) is 2.90. The van der Waals surface area contributed by atoms with Crippen LogP contribution in [0, 0.1) is 5.82 Å². The highest BCUT2D eigenvalue weighted by Gasteiger charge is 2.17. The van der Waals surface area contributed by atoms with E-state index in [0.29, 0.717) is 6.61 Å². The Balaban J connectivity index is 2.72. The number of hydrogen-bond donors (Lipinski definition) is 1. The highest BCUT2D eigenvalue weighted by molar-refractivity contribution is 6.30. The second-order valence-corrected chi connectivity index (χ2v) is 4.68. The number of nitrogens with one attached hydrogen (secondary N) is 1. The molecule has 1 N–H and O–H groups in total. The molecule has 0 aromatic heterocycles. The Morgan fingerprint density at radius 1 is 1.39 bits per heavy atom. The van der Waals surface area contributed by atoms with Gasteiger partial charge in [-0.3, -0.25) is 0 Å². The van der Waals surface area contributed by atoms with E-state index in [1.54, 1.807) is 12.1 Å². The number of hydrogen-bond acceptors (Lipinski definition) is 2. The third kappa shape index (κ3) is 4.56. The van der Waals surface area contributed by atoms with Crippen molar-refractivity contribution in [3.8, 4) is 0 Å². The van der Waals surface area contributed by atoms with Crippen molar-refractivity contribution in [2.45, 2.75) is 39.3 Å². The van der Waals surface area contributed by atoms with Crippen LogP contribution < -0.4 is 5.32 Å². The fourth-order valence-electron chi connectivity index (χ4n) is 1.97. The molecule has 2 atom stereocenters. The molecule has 0 heterocycles. The van der Waals surface area contributed by atoms with Crippen molar-refractivity contribution >= 4 is 11.6 Å². The molecule has 0 fully saturated rings. The van der Waals surface area contributed by atoms with Gasteiger partial charge in [-0.15, -0.1) is 0 Å². The van der Waals surface area contributed by atoms with Gasteiger partial charge < -0.3 is 10.1 Å². The summed E-state index contributed by atoms with van der Waals surface area (Å²) in [4.78, 5) is 0. The van der Waals surface area contributed by atoms with E-state index in [-0.39, 0.29) is 23.0 Å². The lowest BCUT2D eigenvalue weighted by Gasteiger charge is -2.25. The van der Waals surface area contributed by atoms with Crippen LogP contribution in [0.4, 0.5) is 4.39 Å². The summed E-state index contributed by atoms with van der Waals surface area (Å²) in [7, 11) is 0.